The maximum absolute atomic E-state index is 11.0. The maximum atomic E-state index is 11.0. The van der Waals surface area contributed by atoms with Gasteiger partial charge in [-0.3, -0.25) is 10.1 Å². The van der Waals surface area contributed by atoms with Crippen LogP contribution in [-0.4, -0.2) is 14.5 Å². The van der Waals surface area contributed by atoms with E-state index in [-0.39, 0.29) is 10.7 Å². The molecule has 0 fully saturated rings. The molecule has 0 spiro atoms. The van der Waals surface area contributed by atoms with Gasteiger partial charge in [0.25, 0.3) is 5.69 Å². The van der Waals surface area contributed by atoms with E-state index in [1.165, 1.54) is 12.1 Å². The molecule has 3 aromatic rings. The number of aryl methyl sites for hydroxylation is 1. The third-order valence-corrected chi connectivity index (χ3v) is 4.13. The SMILES string of the molecule is CCn1c(/C(C#N)=C\c2ccc(Cl)c([N+](=O)[O-])c2)nc2ccccc21. The Morgan fingerprint density at radius 3 is 2.84 bits per heavy atom. The van der Waals surface area contributed by atoms with Crippen LogP contribution in [0.15, 0.2) is 42.5 Å². The highest BCUT2D eigenvalue weighted by Crippen LogP contribution is 2.28. The van der Waals surface area contributed by atoms with E-state index in [1.807, 2.05) is 35.8 Å². The molecule has 0 saturated carbocycles. The highest BCUT2D eigenvalue weighted by atomic mass is 35.5. The Balaban J connectivity index is 2.16. The van der Waals surface area contributed by atoms with Crippen LogP contribution >= 0.6 is 11.6 Å². The predicted octanol–water partition coefficient (Wildman–Crippen LogP) is 4.68. The van der Waals surface area contributed by atoms with Crippen LogP contribution in [-0.2, 0) is 6.54 Å². The van der Waals surface area contributed by atoms with Crippen molar-refractivity contribution in [1.29, 1.82) is 5.26 Å². The zero-order chi connectivity index (χ0) is 18.0. The van der Waals surface area contributed by atoms with Crippen LogP contribution in [0.5, 0.6) is 0 Å². The smallest absolute Gasteiger partial charge is 0.288 e. The molecule has 25 heavy (non-hydrogen) atoms. The first-order chi connectivity index (χ1) is 12.0. The van der Waals surface area contributed by atoms with Gasteiger partial charge in [0.1, 0.15) is 11.1 Å². The third kappa shape index (κ3) is 3.10. The summed E-state index contributed by atoms with van der Waals surface area (Å²) in [6, 6.07) is 14.2. The number of nitriles is 1. The number of imidazole rings is 1. The average Bonchev–Trinajstić information content (AvgIpc) is 2.99. The molecule has 0 radical (unpaired) electrons. The molecule has 1 aromatic heterocycles. The molecule has 0 atom stereocenters. The standard InChI is InChI=1S/C18H13ClN4O2/c1-2-22-16-6-4-3-5-15(16)21-18(22)13(11-20)9-12-7-8-14(19)17(10-12)23(24)25/h3-10H,2H2,1H3/b13-9-. The quantitative estimate of drug-likeness (QED) is 0.387. The summed E-state index contributed by atoms with van der Waals surface area (Å²) in [4.78, 5) is 15.0. The van der Waals surface area contributed by atoms with Crippen LogP contribution in [0.25, 0.3) is 22.7 Å². The predicted molar refractivity (Wildman–Crippen MR) is 97.0 cm³/mol. The van der Waals surface area contributed by atoms with E-state index < -0.39 is 4.92 Å². The number of para-hydroxylation sites is 2. The summed E-state index contributed by atoms with van der Waals surface area (Å²) in [5.74, 6) is 0.531. The van der Waals surface area contributed by atoms with Gasteiger partial charge in [0.05, 0.1) is 21.5 Å². The van der Waals surface area contributed by atoms with Crippen LogP contribution < -0.4 is 0 Å². The number of nitro groups is 1. The highest BCUT2D eigenvalue weighted by Gasteiger charge is 2.15. The number of hydrogen-bond donors (Lipinski definition) is 0. The van der Waals surface area contributed by atoms with Gasteiger partial charge in [-0.25, -0.2) is 4.98 Å². The topological polar surface area (TPSA) is 84.8 Å². The number of fused-ring (bicyclic) bond motifs is 1. The Morgan fingerprint density at radius 1 is 1.40 bits per heavy atom. The van der Waals surface area contributed by atoms with Gasteiger partial charge in [-0.2, -0.15) is 5.26 Å². The Kier molecular flexibility index (Phi) is 4.50. The minimum Gasteiger partial charge on any atom is -0.324 e. The largest absolute Gasteiger partial charge is 0.324 e. The van der Waals surface area contributed by atoms with Crippen molar-refractivity contribution < 1.29 is 4.92 Å². The fourth-order valence-electron chi connectivity index (χ4n) is 2.67. The van der Waals surface area contributed by atoms with Crippen molar-refractivity contribution in [1.82, 2.24) is 9.55 Å². The molecule has 7 heteroatoms. The number of hydrogen-bond acceptors (Lipinski definition) is 4. The second-order valence-electron chi connectivity index (χ2n) is 5.31. The average molecular weight is 353 g/mol. The lowest BCUT2D eigenvalue weighted by molar-refractivity contribution is -0.384. The monoisotopic (exact) mass is 352 g/mol. The normalized spacial score (nSPS) is 11.5. The first-order valence-corrected chi connectivity index (χ1v) is 7.94. The molecule has 0 unspecified atom stereocenters. The van der Waals surface area contributed by atoms with Crippen LogP contribution in [0.3, 0.4) is 0 Å². The molecular weight excluding hydrogens is 340 g/mol. The molecule has 3 rings (SSSR count). The van der Waals surface area contributed by atoms with Gasteiger partial charge in [0.15, 0.2) is 5.82 Å². The van der Waals surface area contributed by atoms with Crippen molar-refractivity contribution in [2.24, 2.45) is 0 Å². The number of allylic oxidation sites excluding steroid dienone is 1. The number of nitrogens with zero attached hydrogens (tertiary/aromatic N) is 4. The summed E-state index contributed by atoms with van der Waals surface area (Å²) in [5, 5.41) is 20.7. The number of halogens is 1. The number of nitro benzene ring substituents is 1. The van der Waals surface area contributed by atoms with Gasteiger partial charge >= 0.3 is 0 Å². The summed E-state index contributed by atoms with van der Waals surface area (Å²) in [5.41, 5.74) is 2.37. The Hall–Kier alpha value is -3.17. The van der Waals surface area contributed by atoms with Crippen LogP contribution in [0.1, 0.15) is 18.3 Å². The van der Waals surface area contributed by atoms with E-state index in [4.69, 9.17) is 11.6 Å². The van der Waals surface area contributed by atoms with E-state index in [1.54, 1.807) is 12.1 Å². The van der Waals surface area contributed by atoms with E-state index in [2.05, 4.69) is 11.1 Å². The molecule has 0 aliphatic carbocycles. The van der Waals surface area contributed by atoms with Crippen molar-refractivity contribution in [2.75, 3.05) is 0 Å². The zero-order valence-electron chi connectivity index (χ0n) is 13.3. The molecule has 0 aliphatic rings. The lowest BCUT2D eigenvalue weighted by Crippen LogP contribution is -2.00. The molecule has 1 heterocycles. The maximum Gasteiger partial charge on any atom is 0.288 e. The van der Waals surface area contributed by atoms with E-state index >= 15 is 0 Å². The lowest BCUT2D eigenvalue weighted by atomic mass is 10.1. The lowest BCUT2D eigenvalue weighted by Gasteiger charge is -2.05. The molecule has 0 amide bonds. The van der Waals surface area contributed by atoms with Crippen molar-refractivity contribution in [2.45, 2.75) is 13.5 Å². The molecule has 2 aromatic carbocycles. The summed E-state index contributed by atoms with van der Waals surface area (Å²) in [7, 11) is 0. The number of aromatic nitrogens is 2. The van der Waals surface area contributed by atoms with Crippen molar-refractivity contribution >= 4 is 40.0 Å². The van der Waals surface area contributed by atoms with Gasteiger partial charge in [-0.15, -0.1) is 0 Å². The molecule has 6 nitrogen and oxygen atoms in total. The molecule has 124 valence electrons. The first kappa shape index (κ1) is 16.7. The van der Waals surface area contributed by atoms with E-state index in [0.717, 1.165) is 11.0 Å². The van der Waals surface area contributed by atoms with Crippen molar-refractivity contribution in [3.05, 3.63) is 69.0 Å². The molecular formula is C18H13ClN4O2. The Bertz CT molecular complexity index is 1050. The summed E-state index contributed by atoms with van der Waals surface area (Å²) < 4.78 is 1.94. The van der Waals surface area contributed by atoms with Crippen molar-refractivity contribution in [3.63, 3.8) is 0 Å². The fourth-order valence-corrected chi connectivity index (χ4v) is 2.86. The van der Waals surface area contributed by atoms with Crippen LogP contribution in [0.4, 0.5) is 5.69 Å². The molecule has 0 bridgehead atoms. The summed E-state index contributed by atoms with van der Waals surface area (Å²) in [6.45, 7) is 2.62. The number of rotatable bonds is 4. The van der Waals surface area contributed by atoms with Crippen LogP contribution in [0.2, 0.25) is 5.02 Å². The third-order valence-electron chi connectivity index (χ3n) is 3.81. The first-order valence-electron chi connectivity index (χ1n) is 7.56. The molecule has 0 aliphatic heterocycles. The Morgan fingerprint density at radius 2 is 2.16 bits per heavy atom. The number of benzene rings is 2. The van der Waals surface area contributed by atoms with E-state index in [0.29, 0.717) is 23.5 Å². The molecule has 0 N–H and O–H groups in total. The Labute approximate surface area is 148 Å². The minimum absolute atomic E-state index is 0.0569. The van der Waals surface area contributed by atoms with Crippen LogP contribution in [0, 0.1) is 21.4 Å². The van der Waals surface area contributed by atoms with Gasteiger partial charge < -0.3 is 4.57 Å². The highest BCUT2D eigenvalue weighted by molar-refractivity contribution is 6.32. The second-order valence-corrected chi connectivity index (χ2v) is 5.71. The second kappa shape index (κ2) is 6.75. The minimum atomic E-state index is -0.549. The summed E-state index contributed by atoms with van der Waals surface area (Å²) >= 11 is 5.84. The van der Waals surface area contributed by atoms with Gasteiger partial charge in [0.2, 0.25) is 0 Å². The zero-order valence-corrected chi connectivity index (χ0v) is 14.1. The van der Waals surface area contributed by atoms with Crippen molar-refractivity contribution in [3.8, 4) is 6.07 Å². The van der Waals surface area contributed by atoms with Gasteiger partial charge in [-0.1, -0.05) is 29.8 Å². The summed E-state index contributed by atoms with van der Waals surface area (Å²) in [6.07, 6.45) is 1.58. The molecule has 0 saturated heterocycles. The van der Waals surface area contributed by atoms with Gasteiger partial charge in [0, 0.05) is 12.6 Å². The van der Waals surface area contributed by atoms with E-state index in [9.17, 15) is 15.4 Å². The van der Waals surface area contributed by atoms with Gasteiger partial charge in [-0.05, 0) is 36.8 Å². The fraction of sp³-hybridized carbons (Fsp3) is 0.111.